The predicted octanol–water partition coefficient (Wildman–Crippen LogP) is 3.27. The third-order valence-electron chi connectivity index (χ3n) is 3.77. The Morgan fingerprint density at radius 3 is 3.06 bits per heavy atom. The summed E-state index contributed by atoms with van der Waals surface area (Å²) in [5.41, 5.74) is 1.13. The first-order chi connectivity index (χ1) is 8.79. The Kier molecular flexibility index (Phi) is 5.12. The van der Waals surface area contributed by atoms with Crippen LogP contribution in [0.25, 0.3) is 0 Å². The molecule has 1 aromatic rings. The zero-order chi connectivity index (χ0) is 12.8. The van der Waals surface area contributed by atoms with E-state index in [0.717, 1.165) is 36.9 Å². The molecule has 1 heterocycles. The maximum atomic E-state index is 4.73. The van der Waals surface area contributed by atoms with Gasteiger partial charge in [-0.15, -0.1) is 0 Å². The van der Waals surface area contributed by atoms with Crippen molar-refractivity contribution >= 4 is 0 Å². The molecule has 1 aliphatic rings. The van der Waals surface area contributed by atoms with E-state index in [2.05, 4.69) is 24.1 Å². The molecule has 2 rings (SSSR count). The molecule has 2 atom stereocenters. The first-order valence-corrected chi connectivity index (χ1v) is 7.32. The van der Waals surface area contributed by atoms with Crippen molar-refractivity contribution in [1.82, 2.24) is 15.3 Å². The fourth-order valence-electron chi connectivity index (χ4n) is 2.77. The van der Waals surface area contributed by atoms with Crippen LogP contribution in [0.15, 0.2) is 12.3 Å². The van der Waals surface area contributed by atoms with E-state index in [1.54, 1.807) is 0 Å². The largest absolute Gasteiger partial charge is 0.311 e. The van der Waals surface area contributed by atoms with E-state index in [0.29, 0.717) is 5.92 Å². The third-order valence-corrected chi connectivity index (χ3v) is 3.77. The zero-order valence-electron chi connectivity index (χ0n) is 11.7. The Labute approximate surface area is 110 Å². The van der Waals surface area contributed by atoms with Gasteiger partial charge in [-0.05, 0) is 37.8 Å². The summed E-state index contributed by atoms with van der Waals surface area (Å²) < 4.78 is 0. The lowest BCUT2D eigenvalue weighted by Gasteiger charge is -2.25. The van der Waals surface area contributed by atoms with Crippen molar-refractivity contribution in [3.8, 4) is 0 Å². The van der Waals surface area contributed by atoms with Gasteiger partial charge in [-0.1, -0.05) is 26.7 Å². The molecule has 18 heavy (non-hydrogen) atoms. The predicted molar refractivity (Wildman–Crippen MR) is 74.4 cm³/mol. The molecule has 3 heteroatoms. The molecule has 1 aromatic heterocycles. The third kappa shape index (κ3) is 3.77. The highest BCUT2D eigenvalue weighted by molar-refractivity contribution is 5.06. The Balaban J connectivity index is 1.97. The van der Waals surface area contributed by atoms with Gasteiger partial charge >= 0.3 is 0 Å². The van der Waals surface area contributed by atoms with E-state index in [4.69, 9.17) is 4.98 Å². The summed E-state index contributed by atoms with van der Waals surface area (Å²) in [7, 11) is 0. The van der Waals surface area contributed by atoms with Crippen LogP contribution in [0.3, 0.4) is 0 Å². The summed E-state index contributed by atoms with van der Waals surface area (Å²) in [6.45, 7) is 6.45. The average molecular weight is 247 g/mol. The van der Waals surface area contributed by atoms with Gasteiger partial charge in [-0.3, -0.25) is 0 Å². The van der Waals surface area contributed by atoms with Crippen LogP contribution in [-0.2, 0) is 6.54 Å². The highest BCUT2D eigenvalue weighted by Gasteiger charge is 2.22. The minimum atomic E-state index is 0.583. The van der Waals surface area contributed by atoms with Crippen molar-refractivity contribution in [1.29, 1.82) is 0 Å². The SMILES string of the molecule is CCCNCc1ccnc(C2CCCC(C)C2)n1. The molecule has 1 fully saturated rings. The monoisotopic (exact) mass is 247 g/mol. The molecule has 2 unspecified atom stereocenters. The fraction of sp³-hybridized carbons (Fsp3) is 0.733. The van der Waals surface area contributed by atoms with Gasteiger partial charge in [0.15, 0.2) is 0 Å². The summed E-state index contributed by atoms with van der Waals surface area (Å²) in [6.07, 6.45) is 8.30. The molecular weight excluding hydrogens is 222 g/mol. The molecule has 0 radical (unpaired) electrons. The van der Waals surface area contributed by atoms with Crippen molar-refractivity contribution < 1.29 is 0 Å². The van der Waals surface area contributed by atoms with E-state index in [1.165, 1.54) is 25.7 Å². The Hall–Kier alpha value is -0.960. The van der Waals surface area contributed by atoms with Crippen molar-refractivity contribution in [2.24, 2.45) is 5.92 Å². The molecule has 0 amide bonds. The van der Waals surface area contributed by atoms with Crippen molar-refractivity contribution in [2.75, 3.05) is 6.54 Å². The lowest BCUT2D eigenvalue weighted by Crippen LogP contribution is -2.18. The van der Waals surface area contributed by atoms with Crippen LogP contribution in [0.4, 0.5) is 0 Å². The zero-order valence-corrected chi connectivity index (χ0v) is 11.7. The minimum absolute atomic E-state index is 0.583. The van der Waals surface area contributed by atoms with Gasteiger partial charge in [0.25, 0.3) is 0 Å². The molecule has 0 saturated heterocycles. The first kappa shape index (κ1) is 13.5. The molecule has 0 bridgehead atoms. The van der Waals surface area contributed by atoms with Gasteiger partial charge < -0.3 is 5.32 Å². The molecule has 1 aliphatic carbocycles. The summed E-state index contributed by atoms with van der Waals surface area (Å²) in [4.78, 5) is 9.22. The molecule has 3 nitrogen and oxygen atoms in total. The van der Waals surface area contributed by atoms with Crippen LogP contribution in [0.5, 0.6) is 0 Å². The van der Waals surface area contributed by atoms with E-state index in [9.17, 15) is 0 Å². The number of hydrogen-bond donors (Lipinski definition) is 1. The standard InChI is InChI=1S/C15H25N3/c1-3-8-16-11-14-7-9-17-15(18-14)13-6-4-5-12(2)10-13/h7,9,12-13,16H,3-6,8,10-11H2,1-2H3. The lowest BCUT2D eigenvalue weighted by molar-refractivity contribution is 0.334. The topological polar surface area (TPSA) is 37.8 Å². The quantitative estimate of drug-likeness (QED) is 0.811. The number of hydrogen-bond acceptors (Lipinski definition) is 3. The second kappa shape index (κ2) is 6.83. The van der Waals surface area contributed by atoms with Crippen LogP contribution >= 0.6 is 0 Å². The van der Waals surface area contributed by atoms with Crippen LogP contribution in [-0.4, -0.2) is 16.5 Å². The number of nitrogens with zero attached hydrogens (tertiary/aromatic N) is 2. The minimum Gasteiger partial charge on any atom is -0.311 e. The van der Waals surface area contributed by atoms with Crippen LogP contribution in [0.1, 0.15) is 63.4 Å². The van der Waals surface area contributed by atoms with Gasteiger partial charge in [0.1, 0.15) is 5.82 Å². The van der Waals surface area contributed by atoms with Gasteiger partial charge in [-0.2, -0.15) is 0 Å². The molecule has 0 aliphatic heterocycles. The fourth-order valence-corrected chi connectivity index (χ4v) is 2.77. The second-order valence-electron chi connectivity index (χ2n) is 5.55. The Morgan fingerprint density at radius 1 is 1.39 bits per heavy atom. The van der Waals surface area contributed by atoms with Crippen LogP contribution in [0.2, 0.25) is 0 Å². The van der Waals surface area contributed by atoms with E-state index in [-0.39, 0.29) is 0 Å². The van der Waals surface area contributed by atoms with Gasteiger partial charge in [0.05, 0.1) is 5.69 Å². The van der Waals surface area contributed by atoms with E-state index < -0.39 is 0 Å². The molecule has 1 N–H and O–H groups in total. The number of aromatic nitrogens is 2. The lowest BCUT2D eigenvalue weighted by atomic mass is 9.82. The molecule has 0 spiro atoms. The average Bonchev–Trinajstić information content (AvgIpc) is 2.39. The van der Waals surface area contributed by atoms with Crippen molar-refractivity contribution in [2.45, 2.75) is 58.4 Å². The Morgan fingerprint density at radius 2 is 2.28 bits per heavy atom. The van der Waals surface area contributed by atoms with Gasteiger partial charge in [0.2, 0.25) is 0 Å². The summed E-state index contributed by atoms with van der Waals surface area (Å²) >= 11 is 0. The van der Waals surface area contributed by atoms with Crippen LogP contribution < -0.4 is 5.32 Å². The highest BCUT2D eigenvalue weighted by Crippen LogP contribution is 2.34. The summed E-state index contributed by atoms with van der Waals surface area (Å²) in [5.74, 6) is 2.48. The highest BCUT2D eigenvalue weighted by atomic mass is 14.9. The van der Waals surface area contributed by atoms with Crippen LogP contribution in [0, 0.1) is 5.92 Å². The molecular formula is C15H25N3. The van der Waals surface area contributed by atoms with E-state index >= 15 is 0 Å². The van der Waals surface area contributed by atoms with Crippen molar-refractivity contribution in [3.05, 3.63) is 23.8 Å². The van der Waals surface area contributed by atoms with Gasteiger partial charge in [0, 0.05) is 18.7 Å². The van der Waals surface area contributed by atoms with Crippen molar-refractivity contribution in [3.63, 3.8) is 0 Å². The normalized spacial score (nSPS) is 24.1. The molecule has 100 valence electrons. The first-order valence-electron chi connectivity index (χ1n) is 7.32. The summed E-state index contributed by atoms with van der Waals surface area (Å²) in [5, 5.41) is 3.40. The van der Waals surface area contributed by atoms with Gasteiger partial charge in [-0.25, -0.2) is 9.97 Å². The molecule has 0 aromatic carbocycles. The maximum absolute atomic E-state index is 4.73. The number of nitrogens with one attached hydrogen (secondary N) is 1. The van der Waals surface area contributed by atoms with E-state index in [1.807, 2.05) is 12.3 Å². The summed E-state index contributed by atoms with van der Waals surface area (Å²) in [6, 6.07) is 2.03. The number of rotatable bonds is 5. The maximum Gasteiger partial charge on any atom is 0.131 e. The second-order valence-corrected chi connectivity index (χ2v) is 5.55. The molecule has 1 saturated carbocycles. The Bertz CT molecular complexity index is 365. The smallest absolute Gasteiger partial charge is 0.131 e.